The van der Waals surface area contributed by atoms with Crippen molar-refractivity contribution in [1.82, 2.24) is 14.4 Å². The van der Waals surface area contributed by atoms with Crippen LogP contribution in [0.5, 0.6) is 0 Å². The number of hydrogen-bond acceptors (Lipinski definition) is 6. The topological polar surface area (TPSA) is 110 Å². The highest BCUT2D eigenvalue weighted by molar-refractivity contribution is 7.89. The van der Waals surface area contributed by atoms with Gasteiger partial charge in [-0.25, -0.2) is 22.8 Å². The summed E-state index contributed by atoms with van der Waals surface area (Å²) in [6.07, 6.45) is 1.89. The Balaban J connectivity index is 1.61. The molecule has 11 heteroatoms. The Hall–Kier alpha value is -2.27. The van der Waals surface area contributed by atoms with Gasteiger partial charge in [0.2, 0.25) is 15.9 Å². The molecular formula is C17H17ClN4O4S2. The Morgan fingerprint density at radius 2 is 2.00 bits per heavy atom. The maximum atomic E-state index is 12.4. The summed E-state index contributed by atoms with van der Waals surface area (Å²) in [6, 6.07) is 7.44. The molecule has 0 fully saturated rings. The molecule has 2 N–H and O–H groups in total. The van der Waals surface area contributed by atoms with E-state index in [-0.39, 0.29) is 23.4 Å². The highest BCUT2D eigenvalue weighted by Gasteiger charge is 2.15. The summed E-state index contributed by atoms with van der Waals surface area (Å²) in [7, 11) is -3.75. The summed E-state index contributed by atoms with van der Waals surface area (Å²) in [5.41, 5.74) is 2.04. The van der Waals surface area contributed by atoms with E-state index in [1.165, 1.54) is 41.9 Å². The number of hydrogen-bond donors (Lipinski definition) is 2. The lowest BCUT2D eigenvalue weighted by Crippen LogP contribution is -2.35. The van der Waals surface area contributed by atoms with E-state index in [1.807, 2.05) is 6.92 Å². The molecule has 3 rings (SSSR count). The van der Waals surface area contributed by atoms with Gasteiger partial charge in [-0.15, -0.1) is 11.3 Å². The summed E-state index contributed by atoms with van der Waals surface area (Å²) in [6.45, 7) is 1.86. The number of amides is 1. The Kier molecular flexibility index (Phi) is 6.14. The molecule has 148 valence electrons. The first-order valence-corrected chi connectivity index (χ1v) is 11.0. The number of fused-ring (bicyclic) bond motifs is 1. The standard InChI is InChI=1S/C17H17ClN4O4S2/c1-2-12-9-14-16(27-12)19-10-22(17(14)24)21-15(23)7-8-20-28(25,26)13-5-3-11(18)4-6-13/h3-6,9-10,20H,2,7-8H2,1H3,(H,21,23). The van der Waals surface area contributed by atoms with Crippen LogP contribution in [0.3, 0.4) is 0 Å². The molecule has 0 aliphatic heterocycles. The van der Waals surface area contributed by atoms with Crippen molar-refractivity contribution in [2.75, 3.05) is 12.0 Å². The minimum Gasteiger partial charge on any atom is -0.273 e. The molecule has 2 heterocycles. The predicted octanol–water partition coefficient (Wildman–Crippen LogP) is 2.11. The third-order valence-electron chi connectivity index (χ3n) is 3.86. The average molecular weight is 441 g/mol. The molecule has 0 aliphatic rings. The van der Waals surface area contributed by atoms with Gasteiger partial charge in [-0.3, -0.25) is 15.0 Å². The molecule has 2 aromatic heterocycles. The normalized spacial score (nSPS) is 11.6. The van der Waals surface area contributed by atoms with Gasteiger partial charge >= 0.3 is 0 Å². The lowest BCUT2D eigenvalue weighted by atomic mass is 10.3. The first kappa shape index (κ1) is 20.5. The first-order valence-electron chi connectivity index (χ1n) is 8.35. The Morgan fingerprint density at radius 1 is 1.29 bits per heavy atom. The number of aromatic nitrogens is 2. The predicted molar refractivity (Wildman–Crippen MR) is 109 cm³/mol. The van der Waals surface area contributed by atoms with Gasteiger partial charge < -0.3 is 0 Å². The second-order valence-corrected chi connectivity index (χ2v) is 9.16. The van der Waals surface area contributed by atoms with E-state index in [9.17, 15) is 18.0 Å². The Labute approximate surface area is 170 Å². The molecule has 1 amide bonds. The maximum Gasteiger partial charge on any atom is 0.280 e. The van der Waals surface area contributed by atoms with Crippen LogP contribution < -0.4 is 15.7 Å². The minimum atomic E-state index is -3.75. The number of benzene rings is 1. The molecule has 8 nitrogen and oxygen atoms in total. The highest BCUT2D eigenvalue weighted by Crippen LogP contribution is 2.20. The van der Waals surface area contributed by atoms with Crippen LogP contribution in [-0.2, 0) is 21.2 Å². The van der Waals surface area contributed by atoms with Crippen molar-refractivity contribution in [1.29, 1.82) is 0 Å². The van der Waals surface area contributed by atoms with Gasteiger partial charge in [0, 0.05) is 22.9 Å². The van der Waals surface area contributed by atoms with Crippen LogP contribution in [0.25, 0.3) is 10.2 Å². The molecule has 0 saturated carbocycles. The average Bonchev–Trinajstić information content (AvgIpc) is 3.08. The number of nitrogens with one attached hydrogen (secondary N) is 2. The van der Waals surface area contributed by atoms with Crippen molar-refractivity contribution < 1.29 is 13.2 Å². The maximum absolute atomic E-state index is 12.4. The van der Waals surface area contributed by atoms with Crippen LogP contribution in [0, 0.1) is 0 Å². The smallest absolute Gasteiger partial charge is 0.273 e. The van der Waals surface area contributed by atoms with Crippen molar-refractivity contribution >= 4 is 49.1 Å². The number of nitrogens with zero attached hydrogens (tertiary/aromatic N) is 2. The number of thiophene rings is 1. The molecule has 0 saturated heterocycles. The van der Waals surface area contributed by atoms with Crippen LogP contribution in [-0.4, -0.2) is 30.5 Å². The summed E-state index contributed by atoms with van der Waals surface area (Å²) >= 11 is 7.18. The third-order valence-corrected chi connectivity index (χ3v) is 6.78. The van der Waals surface area contributed by atoms with Crippen LogP contribution in [0.15, 0.2) is 46.3 Å². The van der Waals surface area contributed by atoms with Crippen molar-refractivity contribution in [2.45, 2.75) is 24.7 Å². The molecular weight excluding hydrogens is 424 g/mol. The minimum absolute atomic E-state index is 0.0485. The first-order chi connectivity index (χ1) is 13.3. The Morgan fingerprint density at radius 3 is 2.68 bits per heavy atom. The van der Waals surface area contributed by atoms with Crippen molar-refractivity contribution in [3.63, 3.8) is 0 Å². The van der Waals surface area contributed by atoms with Gasteiger partial charge in [-0.05, 0) is 36.8 Å². The second kappa shape index (κ2) is 8.39. The third kappa shape index (κ3) is 4.58. The molecule has 28 heavy (non-hydrogen) atoms. The van der Waals surface area contributed by atoms with E-state index in [0.717, 1.165) is 16.0 Å². The summed E-state index contributed by atoms with van der Waals surface area (Å²) in [5, 5.41) is 0.860. The molecule has 3 aromatic rings. The van der Waals surface area contributed by atoms with Gasteiger partial charge in [0.1, 0.15) is 11.2 Å². The quantitative estimate of drug-likeness (QED) is 0.584. The summed E-state index contributed by atoms with van der Waals surface area (Å²) in [5.74, 6) is -0.520. The molecule has 1 aromatic carbocycles. The number of rotatable bonds is 7. The molecule has 0 radical (unpaired) electrons. The zero-order valence-electron chi connectivity index (χ0n) is 14.8. The van der Waals surface area contributed by atoms with Crippen LogP contribution >= 0.6 is 22.9 Å². The van der Waals surface area contributed by atoms with Gasteiger partial charge in [-0.2, -0.15) is 0 Å². The SMILES string of the molecule is CCc1cc2c(=O)n(NC(=O)CCNS(=O)(=O)c3ccc(Cl)cc3)cnc2s1. The van der Waals surface area contributed by atoms with Crippen LogP contribution in [0.2, 0.25) is 5.02 Å². The Bertz CT molecular complexity index is 1170. The van der Waals surface area contributed by atoms with Gasteiger partial charge in [-0.1, -0.05) is 18.5 Å². The molecule has 0 atom stereocenters. The summed E-state index contributed by atoms with van der Waals surface area (Å²) < 4.78 is 27.7. The molecule has 0 bridgehead atoms. The molecule has 0 spiro atoms. The fourth-order valence-corrected chi connectivity index (χ4v) is 4.50. The second-order valence-electron chi connectivity index (χ2n) is 5.84. The lowest BCUT2D eigenvalue weighted by molar-refractivity contribution is -0.117. The monoisotopic (exact) mass is 440 g/mol. The fraction of sp³-hybridized carbons (Fsp3) is 0.235. The number of carbonyl (C=O) groups excluding carboxylic acids is 1. The fourth-order valence-electron chi connectivity index (χ4n) is 2.41. The van der Waals surface area contributed by atoms with E-state index < -0.39 is 15.9 Å². The lowest BCUT2D eigenvalue weighted by Gasteiger charge is -2.09. The largest absolute Gasteiger partial charge is 0.280 e. The van der Waals surface area contributed by atoms with Gasteiger partial charge in [0.25, 0.3) is 5.56 Å². The van der Waals surface area contributed by atoms with E-state index >= 15 is 0 Å². The van der Waals surface area contributed by atoms with Crippen molar-refractivity contribution in [2.24, 2.45) is 0 Å². The van der Waals surface area contributed by atoms with Gasteiger partial charge in [0.05, 0.1) is 10.3 Å². The zero-order valence-corrected chi connectivity index (χ0v) is 17.2. The van der Waals surface area contributed by atoms with Crippen LogP contribution in [0.1, 0.15) is 18.2 Å². The number of sulfonamides is 1. The highest BCUT2D eigenvalue weighted by atomic mass is 35.5. The van der Waals surface area contributed by atoms with Gasteiger partial charge in [0.15, 0.2) is 0 Å². The van der Waals surface area contributed by atoms with E-state index in [1.54, 1.807) is 6.07 Å². The van der Waals surface area contributed by atoms with Crippen molar-refractivity contribution in [3.05, 3.63) is 56.9 Å². The number of halogens is 1. The van der Waals surface area contributed by atoms with E-state index in [4.69, 9.17) is 11.6 Å². The van der Waals surface area contributed by atoms with Crippen LogP contribution in [0.4, 0.5) is 0 Å². The molecule has 0 aliphatic carbocycles. The summed E-state index contributed by atoms with van der Waals surface area (Å²) in [4.78, 5) is 30.4. The van der Waals surface area contributed by atoms with Crippen molar-refractivity contribution in [3.8, 4) is 0 Å². The number of aryl methyl sites for hydroxylation is 1. The molecule has 0 unspecified atom stereocenters. The number of carbonyl (C=O) groups is 1. The van der Waals surface area contributed by atoms with E-state index in [2.05, 4.69) is 15.1 Å². The zero-order chi connectivity index (χ0) is 20.3. The van der Waals surface area contributed by atoms with E-state index in [0.29, 0.717) is 15.2 Å².